The SMILES string of the molecule is COc1ccc(CCNC(N)=NC[C@H](O)COCc2ccc(OC)cc2)cc1. The second-order valence-electron chi connectivity index (χ2n) is 6.27. The van der Waals surface area contributed by atoms with Crippen LogP contribution in [0.4, 0.5) is 0 Å². The highest BCUT2D eigenvalue weighted by molar-refractivity contribution is 5.77. The third-order valence-corrected chi connectivity index (χ3v) is 4.09. The molecule has 28 heavy (non-hydrogen) atoms. The van der Waals surface area contributed by atoms with Crippen LogP contribution < -0.4 is 20.5 Å². The average molecular weight is 387 g/mol. The molecule has 0 aliphatic heterocycles. The van der Waals surface area contributed by atoms with Crippen LogP contribution in [-0.2, 0) is 17.8 Å². The first-order valence-corrected chi connectivity index (χ1v) is 9.16. The van der Waals surface area contributed by atoms with Gasteiger partial charge in [-0.3, -0.25) is 4.99 Å². The van der Waals surface area contributed by atoms with Gasteiger partial charge in [-0.1, -0.05) is 24.3 Å². The van der Waals surface area contributed by atoms with Gasteiger partial charge >= 0.3 is 0 Å². The Morgan fingerprint density at radius 3 is 2.14 bits per heavy atom. The summed E-state index contributed by atoms with van der Waals surface area (Å²) < 4.78 is 15.8. The Balaban J connectivity index is 1.61. The number of guanidine groups is 1. The molecule has 7 nitrogen and oxygen atoms in total. The van der Waals surface area contributed by atoms with E-state index in [9.17, 15) is 5.11 Å². The maximum absolute atomic E-state index is 9.96. The second-order valence-corrected chi connectivity index (χ2v) is 6.27. The van der Waals surface area contributed by atoms with Crippen molar-refractivity contribution in [2.45, 2.75) is 19.1 Å². The first-order chi connectivity index (χ1) is 13.6. The van der Waals surface area contributed by atoms with Gasteiger partial charge in [0.05, 0.1) is 40.1 Å². The first kappa shape index (κ1) is 21.5. The number of aliphatic hydroxyl groups excluding tert-OH is 1. The Hall–Kier alpha value is -2.77. The summed E-state index contributed by atoms with van der Waals surface area (Å²) in [6.45, 7) is 1.45. The monoisotopic (exact) mass is 387 g/mol. The van der Waals surface area contributed by atoms with Crippen molar-refractivity contribution in [1.29, 1.82) is 0 Å². The van der Waals surface area contributed by atoms with Crippen molar-refractivity contribution < 1.29 is 19.3 Å². The number of benzene rings is 2. The minimum absolute atomic E-state index is 0.185. The van der Waals surface area contributed by atoms with Crippen molar-refractivity contribution in [3.8, 4) is 11.5 Å². The summed E-state index contributed by atoms with van der Waals surface area (Å²) in [7, 11) is 3.27. The predicted molar refractivity (Wildman–Crippen MR) is 110 cm³/mol. The number of rotatable bonds is 11. The number of hydrogen-bond acceptors (Lipinski definition) is 5. The normalized spacial score (nSPS) is 12.5. The molecule has 2 aromatic rings. The van der Waals surface area contributed by atoms with Crippen LogP contribution in [0.15, 0.2) is 53.5 Å². The van der Waals surface area contributed by atoms with Crippen LogP contribution >= 0.6 is 0 Å². The molecule has 0 bridgehead atoms. The van der Waals surface area contributed by atoms with Gasteiger partial charge in [0.15, 0.2) is 5.96 Å². The van der Waals surface area contributed by atoms with Gasteiger partial charge in [-0.2, -0.15) is 0 Å². The van der Waals surface area contributed by atoms with Crippen LogP contribution in [0.5, 0.6) is 11.5 Å². The predicted octanol–water partition coefficient (Wildman–Crippen LogP) is 1.73. The van der Waals surface area contributed by atoms with E-state index in [1.807, 2.05) is 48.5 Å². The Bertz CT molecular complexity index is 717. The average Bonchev–Trinajstić information content (AvgIpc) is 2.73. The quantitative estimate of drug-likeness (QED) is 0.401. The zero-order valence-corrected chi connectivity index (χ0v) is 16.4. The molecule has 2 aromatic carbocycles. The van der Waals surface area contributed by atoms with E-state index in [1.54, 1.807) is 14.2 Å². The lowest BCUT2D eigenvalue weighted by Crippen LogP contribution is -2.34. The molecule has 0 heterocycles. The maximum atomic E-state index is 9.96. The fraction of sp³-hybridized carbons (Fsp3) is 0.381. The minimum atomic E-state index is -0.708. The number of methoxy groups -OCH3 is 2. The highest BCUT2D eigenvalue weighted by Gasteiger charge is 2.04. The summed E-state index contributed by atoms with van der Waals surface area (Å²) in [5.41, 5.74) is 8.02. The van der Waals surface area contributed by atoms with Crippen molar-refractivity contribution in [3.63, 3.8) is 0 Å². The number of ether oxygens (including phenoxy) is 3. The lowest BCUT2D eigenvalue weighted by Gasteiger charge is -2.11. The molecular formula is C21H29N3O4. The van der Waals surface area contributed by atoms with E-state index >= 15 is 0 Å². The standard InChI is InChI=1S/C21H29N3O4/c1-26-19-7-3-16(4-8-19)11-12-23-21(22)24-13-18(25)15-28-14-17-5-9-20(27-2)10-6-17/h3-10,18,25H,11-15H2,1-2H3,(H3,22,23,24)/t18-/m0/s1. The van der Waals surface area contributed by atoms with Crippen molar-refractivity contribution in [2.24, 2.45) is 10.7 Å². The zero-order chi connectivity index (χ0) is 20.2. The van der Waals surface area contributed by atoms with Crippen LogP contribution in [0.25, 0.3) is 0 Å². The maximum Gasteiger partial charge on any atom is 0.188 e. The molecule has 0 fully saturated rings. The summed E-state index contributed by atoms with van der Waals surface area (Å²) in [5.74, 6) is 1.94. The Labute approximate surface area is 166 Å². The van der Waals surface area contributed by atoms with E-state index in [2.05, 4.69) is 10.3 Å². The van der Waals surface area contributed by atoms with Gasteiger partial charge in [0.2, 0.25) is 0 Å². The molecule has 2 rings (SSSR count). The fourth-order valence-corrected chi connectivity index (χ4v) is 2.47. The van der Waals surface area contributed by atoms with E-state index in [-0.39, 0.29) is 13.2 Å². The summed E-state index contributed by atoms with van der Waals surface area (Å²) in [6, 6.07) is 15.5. The van der Waals surface area contributed by atoms with Gasteiger partial charge in [-0.25, -0.2) is 0 Å². The Kier molecular flexibility index (Phi) is 9.10. The highest BCUT2D eigenvalue weighted by Crippen LogP contribution is 2.12. The second kappa shape index (κ2) is 11.8. The van der Waals surface area contributed by atoms with E-state index in [4.69, 9.17) is 19.9 Å². The smallest absolute Gasteiger partial charge is 0.188 e. The molecule has 0 amide bonds. The van der Waals surface area contributed by atoms with Crippen molar-refractivity contribution in [2.75, 3.05) is 33.9 Å². The highest BCUT2D eigenvalue weighted by atomic mass is 16.5. The molecule has 0 unspecified atom stereocenters. The van der Waals surface area contributed by atoms with E-state index in [1.165, 1.54) is 5.56 Å². The van der Waals surface area contributed by atoms with Crippen LogP contribution in [0.2, 0.25) is 0 Å². The van der Waals surface area contributed by atoms with E-state index in [0.29, 0.717) is 19.1 Å². The van der Waals surface area contributed by atoms with E-state index < -0.39 is 6.10 Å². The van der Waals surface area contributed by atoms with Crippen LogP contribution in [0.3, 0.4) is 0 Å². The Morgan fingerprint density at radius 1 is 1.00 bits per heavy atom. The van der Waals surface area contributed by atoms with Crippen molar-refractivity contribution in [1.82, 2.24) is 5.32 Å². The molecule has 0 radical (unpaired) electrons. The number of hydrogen-bond donors (Lipinski definition) is 3. The van der Waals surface area contributed by atoms with Crippen molar-refractivity contribution in [3.05, 3.63) is 59.7 Å². The molecule has 4 N–H and O–H groups in total. The molecular weight excluding hydrogens is 358 g/mol. The molecule has 1 atom stereocenters. The number of aliphatic imine (C=N–C) groups is 1. The van der Waals surface area contributed by atoms with Gasteiger partial charge in [-0.05, 0) is 41.8 Å². The van der Waals surface area contributed by atoms with E-state index in [0.717, 1.165) is 23.5 Å². The number of nitrogens with two attached hydrogens (primary N) is 1. The lowest BCUT2D eigenvalue weighted by atomic mass is 10.1. The molecule has 152 valence electrons. The van der Waals surface area contributed by atoms with Crippen LogP contribution in [-0.4, -0.2) is 51.1 Å². The summed E-state index contributed by atoms with van der Waals surface area (Å²) in [6.07, 6.45) is 0.105. The third kappa shape index (κ3) is 7.85. The van der Waals surface area contributed by atoms with Crippen molar-refractivity contribution >= 4 is 5.96 Å². The number of nitrogens with one attached hydrogen (secondary N) is 1. The molecule has 0 spiro atoms. The zero-order valence-electron chi connectivity index (χ0n) is 16.4. The van der Waals surface area contributed by atoms with Gasteiger partial charge in [0.1, 0.15) is 11.5 Å². The van der Waals surface area contributed by atoms with Crippen LogP contribution in [0.1, 0.15) is 11.1 Å². The van der Waals surface area contributed by atoms with Crippen LogP contribution in [0, 0.1) is 0 Å². The topological polar surface area (TPSA) is 98.3 Å². The van der Waals surface area contributed by atoms with Gasteiger partial charge in [-0.15, -0.1) is 0 Å². The van der Waals surface area contributed by atoms with Gasteiger partial charge < -0.3 is 30.4 Å². The molecule has 0 saturated heterocycles. The molecule has 0 aliphatic carbocycles. The number of nitrogens with zero attached hydrogens (tertiary/aromatic N) is 1. The minimum Gasteiger partial charge on any atom is -0.497 e. The molecule has 0 aromatic heterocycles. The first-order valence-electron chi connectivity index (χ1n) is 9.16. The van der Waals surface area contributed by atoms with Gasteiger partial charge in [0, 0.05) is 6.54 Å². The summed E-state index contributed by atoms with van der Waals surface area (Å²) in [5, 5.41) is 13.0. The number of aliphatic hydroxyl groups is 1. The largest absolute Gasteiger partial charge is 0.497 e. The lowest BCUT2D eigenvalue weighted by molar-refractivity contribution is 0.0331. The molecule has 0 saturated carbocycles. The fourth-order valence-electron chi connectivity index (χ4n) is 2.47. The molecule has 7 heteroatoms. The third-order valence-electron chi connectivity index (χ3n) is 4.09. The summed E-state index contributed by atoms with van der Waals surface area (Å²) in [4.78, 5) is 4.15. The molecule has 0 aliphatic rings. The summed E-state index contributed by atoms with van der Waals surface area (Å²) >= 11 is 0. The van der Waals surface area contributed by atoms with Gasteiger partial charge in [0.25, 0.3) is 0 Å². The Morgan fingerprint density at radius 2 is 1.57 bits per heavy atom.